The highest BCUT2D eigenvalue weighted by molar-refractivity contribution is 8.16. The lowest BCUT2D eigenvalue weighted by Gasteiger charge is -2.27. The summed E-state index contributed by atoms with van der Waals surface area (Å²) in [6, 6.07) is 9.31. The summed E-state index contributed by atoms with van der Waals surface area (Å²) in [4.78, 5) is 17.7. The molecule has 0 radical (unpaired) electrons. The molecule has 2 aliphatic heterocycles. The number of benzene rings is 2. The minimum atomic E-state index is -4.67. The van der Waals surface area contributed by atoms with E-state index in [-0.39, 0.29) is 28.8 Å². The van der Waals surface area contributed by atoms with Gasteiger partial charge in [0.1, 0.15) is 5.82 Å². The summed E-state index contributed by atoms with van der Waals surface area (Å²) in [7, 11) is -3.42. The number of amides is 1. The molecule has 4 rings (SSSR count). The van der Waals surface area contributed by atoms with Gasteiger partial charge in [0, 0.05) is 5.25 Å². The third-order valence-corrected chi connectivity index (χ3v) is 8.23. The third-order valence-electron chi connectivity index (χ3n) is 5.02. The van der Waals surface area contributed by atoms with Gasteiger partial charge in [-0.1, -0.05) is 36.0 Å². The van der Waals surface area contributed by atoms with Crippen LogP contribution in [0.15, 0.2) is 53.5 Å². The van der Waals surface area contributed by atoms with Crippen LogP contribution in [0.25, 0.3) is 0 Å². The first-order chi connectivity index (χ1) is 14.5. The topological polar surface area (TPSA) is 66.8 Å². The van der Waals surface area contributed by atoms with E-state index in [4.69, 9.17) is 0 Å². The van der Waals surface area contributed by atoms with Crippen LogP contribution in [0.1, 0.15) is 11.1 Å². The molecule has 164 valence electrons. The van der Waals surface area contributed by atoms with Crippen LogP contribution in [0.5, 0.6) is 0 Å². The van der Waals surface area contributed by atoms with Gasteiger partial charge in [0.25, 0.3) is 5.91 Å². The molecular weight excluding hydrogens is 456 g/mol. The van der Waals surface area contributed by atoms with Crippen molar-refractivity contribution in [2.24, 2.45) is 4.99 Å². The van der Waals surface area contributed by atoms with Gasteiger partial charge in [0.2, 0.25) is 0 Å². The fourth-order valence-electron chi connectivity index (χ4n) is 3.69. The van der Waals surface area contributed by atoms with E-state index in [0.29, 0.717) is 5.56 Å². The van der Waals surface area contributed by atoms with Crippen molar-refractivity contribution in [1.82, 2.24) is 0 Å². The van der Waals surface area contributed by atoms with Gasteiger partial charge in [0.05, 0.1) is 35.2 Å². The lowest BCUT2D eigenvalue weighted by atomic mass is 10.1. The van der Waals surface area contributed by atoms with E-state index >= 15 is 0 Å². The Hall–Kier alpha value is -2.40. The zero-order valence-electron chi connectivity index (χ0n) is 15.8. The summed E-state index contributed by atoms with van der Waals surface area (Å²) < 4.78 is 78.1. The second-order valence-corrected chi connectivity index (χ2v) is 10.6. The number of amidine groups is 1. The number of sulfone groups is 1. The quantitative estimate of drug-likeness (QED) is 0.638. The van der Waals surface area contributed by atoms with E-state index in [1.807, 2.05) is 0 Å². The molecule has 2 aliphatic rings. The number of rotatable bonds is 3. The molecule has 2 saturated heterocycles. The fourth-order valence-corrected chi connectivity index (χ4v) is 7.62. The van der Waals surface area contributed by atoms with Crippen LogP contribution < -0.4 is 4.90 Å². The van der Waals surface area contributed by atoms with Crippen molar-refractivity contribution in [3.8, 4) is 0 Å². The lowest BCUT2D eigenvalue weighted by Crippen LogP contribution is -2.39. The minimum absolute atomic E-state index is 0.0358. The van der Waals surface area contributed by atoms with E-state index in [0.717, 1.165) is 17.8 Å². The van der Waals surface area contributed by atoms with Crippen molar-refractivity contribution in [3.63, 3.8) is 0 Å². The van der Waals surface area contributed by atoms with Crippen molar-refractivity contribution in [2.75, 3.05) is 16.4 Å². The van der Waals surface area contributed by atoms with Crippen molar-refractivity contribution in [1.29, 1.82) is 0 Å². The van der Waals surface area contributed by atoms with Crippen molar-refractivity contribution >= 4 is 38.4 Å². The maximum absolute atomic E-state index is 13.6. The van der Waals surface area contributed by atoms with Gasteiger partial charge < -0.3 is 4.90 Å². The number of halogens is 4. The van der Waals surface area contributed by atoms with Gasteiger partial charge in [-0.2, -0.15) is 18.2 Å². The molecule has 2 aromatic rings. The number of para-hydroxylation sites is 1. The fraction of sp³-hybridized carbons (Fsp3) is 0.300. The van der Waals surface area contributed by atoms with Crippen LogP contribution in [0.4, 0.5) is 23.2 Å². The molecule has 0 unspecified atom stereocenters. The Balaban J connectivity index is 1.71. The van der Waals surface area contributed by atoms with E-state index in [2.05, 4.69) is 4.99 Å². The molecule has 5 nitrogen and oxygen atoms in total. The maximum atomic E-state index is 13.6. The predicted octanol–water partition coefficient (Wildman–Crippen LogP) is 3.69. The lowest BCUT2D eigenvalue weighted by molar-refractivity contribution is -0.137. The molecule has 0 N–H and O–H groups in total. The average Bonchev–Trinajstić information content (AvgIpc) is 3.13. The van der Waals surface area contributed by atoms with Gasteiger partial charge in [0.15, 0.2) is 15.0 Å². The van der Waals surface area contributed by atoms with E-state index < -0.39 is 44.6 Å². The Morgan fingerprint density at radius 1 is 1.10 bits per heavy atom. The molecular formula is C20H16F4N2O3S2. The first kappa shape index (κ1) is 21.8. The summed E-state index contributed by atoms with van der Waals surface area (Å²) in [6.07, 6.45) is -4.83. The molecule has 2 heterocycles. The van der Waals surface area contributed by atoms with Crippen LogP contribution in [-0.4, -0.2) is 42.3 Å². The molecule has 0 saturated carbocycles. The molecule has 2 fully saturated rings. The number of thioether (sulfide) groups is 1. The van der Waals surface area contributed by atoms with Gasteiger partial charge >= 0.3 is 6.18 Å². The molecule has 0 aromatic heterocycles. The normalized spacial score (nSPS) is 23.9. The summed E-state index contributed by atoms with van der Waals surface area (Å²) >= 11 is 0.996. The second-order valence-electron chi connectivity index (χ2n) is 7.28. The number of carbonyl (C=O) groups excluding carboxylic acids is 1. The number of anilines is 1. The van der Waals surface area contributed by atoms with Crippen LogP contribution in [0, 0.1) is 5.82 Å². The smallest absolute Gasteiger partial charge is 0.315 e. The summed E-state index contributed by atoms with van der Waals surface area (Å²) in [5.74, 6) is -1.59. The van der Waals surface area contributed by atoms with E-state index in [1.165, 1.54) is 47.4 Å². The monoisotopic (exact) mass is 472 g/mol. The standard InChI is InChI=1S/C20H16F4N2O3S2/c21-13-7-5-12(6-8-13)9-18(27)25-19-26(16-10-31(28,29)11-17(16)30-19)15-4-2-1-3-14(15)20(22,23)24/h1-8,16-17H,9-11H2/t16-,17+/m1/s1. The van der Waals surface area contributed by atoms with E-state index in [1.54, 1.807) is 0 Å². The van der Waals surface area contributed by atoms with Crippen molar-refractivity contribution < 1.29 is 30.8 Å². The zero-order valence-corrected chi connectivity index (χ0v) is 17.5. The summed E-state index contributed by atoms with van der Waals surface area (Å²) in [5.41, 5.74) is -0.663. The van der Waals surface area contributed by atoms with Gasteiger partial charge in [-0.05, 0) is 29.8 Å². The largest absolute Gasteiger partial charge is 0.418 e. The number of carbonyl (C=O) groups is 1. The Kier molecular flexibility index (Phi) is 5.59. The highest BCUT2D eigenvalue weighted by Gasteiger charge is 2.51. The first-order valence-electron chi connectivity index (χ1n) is 9.22. The highest BCUT2D eigenvalue weighted by atomic mass is 32.2. The van der Waals surface area contributed by atoms with Crippen molar-refractivity contribution in [2.45, 2.75) is 23.9 Å². The average molecular weight is 472 g/mol. The third kappa shape index (κ3) is 4.62. The number of aliphatic imine (C=N–C) groups is 1. The first-order valence-corrected chi connectivity index (χ1v) is 11.9. The number of fused-ring (bicyclic) bond motifs is 1. The number of hydrogen-bond donors (Lipinski definition) is 0. The molecule has 0 aliphatic carbocycles. The number of alkyl halides is 3. The Labute approximate surface area is 180 Å². The predicted molar refractivity (Wildman–Crippen MR) is 110 cm³/mol. The Morgan fingerprint density at radius 3 is 2.45 bits per heavy atom. The van der Waals surface area contributed by atoms with E-state index in [9.17, 15) is 30.8 Å². The summed E-state index contributed by atoms with van der Waals surface area (Å²) in [6.45, 7) is 0. The van der Waals surface area contributed by atoms with Crippen molar-refractivity contribution in [3.05, 3.63) is 65.5 Å². The summed E-state index contributed by atoms with van der Waals surface area (Å²) in [5, 5.41) is -0.489. The Morgan fingerprint density at radius 2 is 1.77 bits per heavy atom. The number of nitrogens with zero attached hydrogens (tertiary/aromatic N) is 2. The molecule has 1 amide bonds. The molecule has 0 bridgehead atoms. The molecule has 11 heteroatoms. The maximum Gasteiger partial charge on any atom is 0.418 e. The minimum Gasteiger partial charge on any atom is -0.315 e. The van der Waals surface area contributed by atoms with Crippen LogP contribution in [0.2, 0.25) is 0 Å². The highest BCUT2D eigenvalue weighted by Crippen LogP contribution is 2.45. The van der Waals surface area contributed by atoms with Gasteiger partial charge in [-0.3, -0.25) is 4.79 Å². The van der Waals surface area contributed by atoms with Gasteiger partial charge in [-0.25, -0.2) is 12.8 Å². The molecule has 0 spiro atoms. The molecule has 2 aromatic carbocycles. The zero-order chi connectivity index (χ0) is 22.4. The SMILES string of the molecule is O=C(Cc1ccc(F)cc1)N=C1S[C@H]2CS(=O)(=O)C[C@H]2N1c1ccccc1C(F)(F)F. The number of hydrogen-bond acceptors (Lipinski definition) is 4. The van der Waals surface area contributed by atoms with Crippen LogP contribution in [-0.2, 0) is 27.2 Å². The molecule has 2 atom stereocenters. The van der Waals surface area contributed by atoms with Crippen LogP contribution >= 0.6 is 11.8 Å². The second kappa shape index (κ2) is 7.94. The molecule has 31 heavy (non-hydrogen) atoms. The van der Waals surface area contributed by atoms with Crippen LogP contribution in [0.3, 0.4) is 0 Å². The van der Waals surface area contributed by atoms with Gasteiger partial charge in [-0.15, -0.1) is 0 Å². The Bertz CT molecular complexity index is 1150.